The fourth-order valence-electron chi connectivity index (χ4n) is 2.51. The maximum absolute atomic E-state index is 5.10. The molecule has 1 fully saturated rings. The molecule has 7 heteroatoms. The van der Waals surface area contributed by atoms with Crippen molar-refractivity contribution in [3.8, 4) is 0 Å². The molecule has 0 aliphatic carbocycles. The van der Waals surface area contributed by atoms with Gasteiger partial charge in [-0.15, -0.1) is 24.0 Å². The van der Waals surface area contributed by atoms with Gasteiger partial charge < -0.3 is 14.7 Å². The number of nitrogens with one attached hydrogen (secondary N) is 1. The van der Waals surface area contributed by atoms with E-state index in [4.69, 9.17) is 4.52 Å². The summed E-state index contributed by atoms with van der Waals surface area (Å²) in [6.45, 7) is 9.45. The lowest BCUT2D eigenvalue weighted by Gasteiger charge is -2.23. The van der Waals surface area contributed by atoms with Crippen LogP contribution in [0.3, 0.4) is 0 Å². The lowest BCUT2D eigenvalue weighted by Crippen LogP contribution is -2.41. The molecular formula is C14H26IN5O. The first-order chi connectivity index (χ1) is 9.50. The van der Waals surface area contributed by atoms with Gasteiger partial charge >= 0.3 is 0 Å². The highest BCUT2D eigenvalue weighted by molar-refractivity contribution is 14.0. The molecule has 1 saturated heterocycles. The Kier molecular flexibility index (Phi) is 6.89. The normalized spacial score (nSPS) is 17.7. The largest absolute Gasteiger partial charge is 0.356 e. The molecule has 0 amide bonds. The molecule has 2 rings (SSSR count). The molecule has 1 aromatic heterocycles. The van der Waals surface area contributed by atoms with Crippen molar-refractivity contribution in [2.45, 2.75) is 40.0 Å². The lowest BCUT2D eigenvalue weighted by molar-refractivity contribution is 0.366. The number of nitrogens with zero attached hydrogens (tertiary/aromatic N) is 4. The summed E-state index contributed by atoms with van der Waals surface area (Å²) in [5.41, 5.74) is 0.388. The first-order valence-corrected chi connectivity index (χ1v) is 7.25. The number of rotatable bonds is 4. The molecule has 2 heterocycles. The van der Waals surface area contributed by atoms with E-state index in [2.05, 4.69) is 39.2 Å². The zero-order valence-corrected chi connectivity index (χ0v) is 15.7. The number of aryl methyl sites for hydroxylation is 2. The third kappa shape index (κ3) is 5.44. The predicted molar refractivity (Wildman–Crippen MR) is 94.1 cm³/mol. The average molecular weight is 407 g/mol. The minimum atomic E-state index is 0. The van der Waals surface area contributed by atoms with Gasteiger partial charge in [0.1, 0.15) is 0 Å². The van der Waals surface area contributed by atoms with Gasteiger partial charge in [-0.1, -0.05) is 19.0 Å². The van der Waals surface area contributed by atoms with Crippen LogP contribution in [0.4, 0.5) is 0 Å². The fraction of sp³-hybridized carbons (Fsp3) is 0.786. The number of aromatic nitrogens is 2. The highest BCUT2D eigenvalue weighted by atomic mass is 127. The maximum atomic E-state index is 5.10. The summed E-state index contributed by atoms with van der Waals surface area (Å²) in [5.74, 6) is 2.40. The Hall–Kier alpha value is -0.860. The van der Waals surface area contributed by atoms with Crippen LogP contribution in [0.15, 0.2) is 9.52 Å². The van der Waals surface area contributed by atoms with Crippen LogP contribution in [0.25, 0.3) is 0 Å². The number of hydrogen-bond acceptors (Lipinski definition) is 4. The molecule has 0 radical (unpaired) electrons. The molecule has 6 nitrogen and oxygen atoms in total. The van der Waals surface area contributed by atoms with Gasteiger partial charge in [0.2, 0.25) is 5.89 Å². The highest BCUT2D eigenvalue weighted by Crippen LogP contribution is 2.28. The Morgan fingerprint density at radius 1 is 1.48 bits per heavy atom. The van der Waals surface area contributed by atoms with Crippen molar-refractivity contribution in [2.24, 2.45) is 10.4 Å². The molecule has 1 N–H and O–H groups in total. The molecule has 0 atom stereocenters. The van der Waals surface area contributed by atoms with Gasteiger partial charge in [-0.25, -0.2) is 0 Å². The molecule has 0 bridgehead atoms. The minimum absolute atomic E-state index is 0. The number of likely N-dealkylation sites (tertiary alicyclic amines) is 1. The van der Waals surface area contributed by atoms with Crippen LogP contribution < -0.4 is 5.32 Å². The van der Waals surface area contributed by atoms with Crippen LogP contribution in [0.2, 0.25) is 0 Å². The van der Waals surface area contributed by atoms with E-state index >= 15 is 0 Å². The maximum Gasteiger partial charge on any atom is 0.226 e. The Bertz CT molecular complexity index is 472. The van der Waals surface area contributed by atoms with E-state index in [-0.39, 0.29) is 24.0 Å². The van der Waals surface area contributed by atoms with Crippen LogP contribution in [-0.2, 0) is 6.42 Å². The van der Waals surface area contributed by atoms with Gasteiger partial charge in [-0.3, -0.25) is 4.99 Å². The first kappa shape index (κ1) is 18.2. The molecule has 120 valence electrons. The van der Waals surface area contributed by atoms with E-state index < -0.39 is 0 Å². The quantitative estimate of drug-likeness (QED) is 0.359. The van der Waals surface area contributed by atoms with Crippen LogP contribution in [0.1, 0.15) is 38.4 Å². The van der Waals surface area contributed by atoms with Gasteiger partial charge in [0.15, 0.2) is 11.8 Å². The zero-order chi connectivity index (χ0) is 14.6. The third-order valence-electron chi connectivity index (χ3n) is 3.61. The van der Waals surface area contributed by atoms with Crippen molar-refractivity contribution in [3.05, 3.63) is 11.7 Å². The molecule has 0 saturated carbocycles. The second-order valence-corrected chi connectivity index (χ2v) is 6.15. The summed E-state index contributed by atoms with van der Waals surface area (Å²) in [6.07, 6.45) is 2.98. The van der Waals surface area contributed by atoms with E-state index in [0.717, 1.165) is 38.4 Å². The molecule has 1 aromatic rings. The molecule has 0 aromatic carbocycles. The summed E-state index contributed by atoms with van der Waals surface area (Å²) in [5, 5.41) is 7.20. The summed E-state index contributed by atoms with van der Waals surface area (Å²) in [4.78, 5) is 10.9. The summed E-state index contributed by atoms with van der Waals surface area (Å²) in [6, 6.07) is 0. The van der Waals surface area contributed by atoms with Crippen LogP contribution in [0.5, 0.6) is 0 Å². The Balaban J connectivity index is 0.00000220. The van der Waals surface area contributed by atoms with Crippen LogP contribution in [0, 0.1) is 12.3 Å². The average Bonchev–Trinajstić information content (AvgIpc) is 2.95. The summed E-state index contributed by atoms with van der Waals surface area (Å²) < 4.78 is 5.10. The summed E-state index contributed by atoms with van der Waals surface area (Å²) >= 11 is 0. The van der Waals surface area contributed by atoms with Gasteiger partial charge in [-0.05, 0) is 25.2 Å². The number of hydrogen-bond donors (Lipinski definition) is 1. The van der Waals surface area contributed by atoms with Crippen molar-refractivity contribution < 1.29 is 4.52 Å². The van der Waals surface area contributed by atoms with Crippen molar-refractivity contribution in [3.63, 3.8) is 0 Å². The van der Waals surface area contributed by atoms with E-state index in [1.54, 1.807) is 0 Å². The van der Waals surface area contributed by atoms with E-state index in [1.165, 1.54) is 6.42 Å². The molecular weight excluding hydrogens is 381 g/mol. The van der Waals surface area contributed by atoms with Crippen molar-refractivity contribution in [2.75, 3.05) is 26.7 Å². The van der Waals surface area contributed by atoms with Crippen molar-refractivity contribution in [1.29, 1.82) is 0 Å². The SMILES string of the molecule is CN=C(NCCCc1nc(C)no1)N1CCC(C)(C)C1.I. The van der Waals surface area contributed by atoms with Gasteiger partial charge in [0.05, 0.1) is 0 Å². The third-order valence-corrected chi connectivity index (χ3v) is 3.61. The predicted octanol–water partition coefficient (Wildman–Crippen LogP) is 2.24. The molecule has 1 aliphatic rings. The lowest BCUT2D eigenvalue weighted by atomic mass is 9.93. The number of aliphatic imine (C=N–C) groups is 1. The van der Waals surface area contributed by atoms with Crippen molar-refractivity contribution >= 4 is 29.9 Å². The second kappa shape index (κ2) is 7.95. The Morgan fingerprint density at radius 3 is 2.76 bits per heavy atom. The molecule has 1 aliphatic heterocycles. The minimum Gasteiger partial charge on any atom is -0.356 e. The molecule has 0 unspecified atom stereocenters. The van der Waals surface area contributed by atoms with Crippen molar-refractivity contribution in [1.82, 2.24) is 20.4 Å². The van der Waals surface area contributed by atoms with Crippen LogP contribution in [-0.4, -0.2) is 47.7 Å². The zero-order valence-electron chi connectivity index (χ0n) is 13.3. The second-order valence-electron chi connectivity index (χ2n) is 6.15. The van der Waals surface area contributed by atoms with E-state index in [0.29, 0.717) is 17.1 Å². The number of halogens is 1. The van der Waals surface area contributed by atoms with Gasteiger partial charge in [-0.2, -0.15) is 4.98 Å². The fourth-order valence-corrected chi connectivity index (χ4v) is 2.51. The van der Waals surface area contributed by atoms with Gasteiger partial charge in [0, 0.05) is 33.1 Å². The first-order valence-electron chi connectivity index (χ1n) is 7.25. The van der Waals surface area contributed by atoms with Gasteiger partial charge in [0.25, 0.3) is 0 Å². The van der Waals surface area contributed by atoms with Crippen LogP contribution >= 0.6 is 24.0 Å². The summed E-state index contributed by atoms with van der Waals surface area (Å²) in [7, 11) is 1.84. The standard InChI is InChI=1S/C14H25N5O.HI/c1-11-17-12(20-18-11)6-5-8-16-13(15-4)19-9-7-14(2,3)10-19;/h5-10H2,1-4H3,(H,15,16);1H. The molecule has 21 heavy (non-hydrogen) atoms. The smallest absolute Gasteiger partial charge is 0.226 e. The Labute approximate surface area is 143 Å². The van der Waals surface area contributed by atoms with E-state index in [1.807, 2.05) is 14.0 Å². The van der Waals surface area contributed by atoms with E-state index in [9.17, 15) is 0 Å². The Morgan fingerprint density at radius 2 is 2.24 bits per heavy atom. The highest BCUT2D eigenvalue weighted by Gasteiger charge is 2.30. The topological polar surface area (TPSA) is 66.5 Å². The molecule has 0 spiro atoms. The monoisotopic (exact) mass is 407 g/mol. The number of guanidine groups is 1.